The van der Waals surface area contributed by atoms with Crippen molar-refractivity contribution >= 4 is 12.6 Å². The quantitative estimate of drug-likeness (QED) is 0.688. The molecule has 1 aromatic heterocycles. The summed E-state index contributed by atoms with van der Waals surface area (Å²) in [5.74, 6) is 0. The van der Waals surface area contributed by atoms with Gasteiger partial charge in [-0.1, -0.05) is 0 Å². The van der Waals surface area contributed by atoms with Crippen LogP contribution in [0.15, 0.2) is 18.7 Å². The maximum Gasteiger partial charge on any atom is 0.494 e. The Hall–Kier alpha value is -0.975. The third kappa shape index (κ3) is 3.01. The molecule has 0 aliphatic heterocycles. The maximum atomic E-state index is 9.87. The summed E-state index contributed by atoms with van der Waals surface area (Å²) in [5, 5.41) is 19.7. The summed E-state index contributed by atoms with van der Waals surface area (Å²) in [6, 6.07) is 0. The molecule has 0 saturated carbocycles. The number of rotatable bonds is 4. The standard InChI is InChI=1S/C10H17BN2O3/c1-9(2,14)10(3,4)16-11(15)8-5-12-7-13-6-8/h5-7,14-15H,1-4H3. The molecule has 2 N–H and O–H groups in total. The molecule has 0 fully saturated rings. The third-order valence-electron chi connectivity index (χ3n) is 2.75. The van der Waals surface area contributed by atoms with Crippen molar-refractivity contribution in [3.63, 3.8) is 0 Å². The summed E-state index contributed by atoms with van der Waals surface area (Å²) < 4.78 is 5.41. The number of aliphatic hydroxyl groups is 1. The van der Waals surface area contributed by atoms with E-state index in [4.69, 9.17) is 4.65 Å². The van der Waals surface area contributed by atoms with Crippen LogP contribution in [0.25, 0.3) is 0 Å². The highest BCUT2D eigenvalue weighted by molar-refractivity contribution is 6.59. The van der Waals surface area contributed by atoms with Crippen LogP contribution in [0, 0.1) is 0 Å². The van der Waals surface area contributed by atoms with Crippen molar-refractivity contribution in [2.45, 2.75) is 38.9 Å². The Morgan fingerprint density at radius 1 is 1.19 bits per heavy atom. The maximum absolute atomic E-state index is 9.87. The van der Waals surface area contributed by atoms with Gasteiger partial charge in [-0.3, -0.25) is 0 Å². The van der Waals surface area contributed by atoms with Gasteiger partial charge in [0.15, 0.2) is 0 Å². The summed E-state index contributed by atoms with van der Waals surface area (Å²) in [6.07, 6.45) is 4.31. The Balaban J connectivity index is 2.76. The van der Waals surface area contributed by atoms with Gasteiger partial charge in [-0.15, -0.1) is 0 Å². The van der Waals surface area contributed by atoms with E-state index in [1.54, 1.807) is 27.7 Å². The summed E-state index contributed by atoms with van der Waals surface area (Å²) in [7, 11) is -1.15. The van der Waals surface area contributed by atoms with Crippen LogP contribution in [-0.4, -0.2) is 38.4 Å². The van der Waals surface area contributed by atoms with Gasteiger partial charge in [-0.05, 0) is 27.7 Å². The highest BCUT2D eigenvalue weighted by atomic mass is 16.5. The van der Waals surface area contributed by atoms with Crippen LogP contribution in [-0.2, 0) is 4.65 Å². The number of aromatic nitrogens is 2. The molecular weight excluding hydrogens is 207 g/mol. The van der Waals surface area contributed by atoms with E-state index >= 15 is 0 Å². The van der Waals surface area contributed by atoms with Gasteiger partial charge >= 0.3 is 7.12 Å². The molecule has 88 valence electrons. The van der Waals surface area contributed by atoms with E-state index in [1.807, 2.05) is 0 Å². The molecule has 0 atom stereocenters. The van der Waals surface area contributed by atoms with Gasteiger partial charge in [0, 0.05) is 17.9 Å². The van der Waals surface area contributed by atoms with Crippen LogP contribution in [0.3, 0.4) is 0 Å². The highest BCUT2D eigenvalue weighted by Crippen LogP contribution is 2.25. The van der Waals surface area contributed by atoms with E-state index in [2.05, 4.69) is 9.97 Å². The Bertz CT molecular complexity index is 338. The predicted octanol–water partition coefficient (Wildman–Crippen LogP) is -0.270. The first-order valence-corrected chi connectivity index (χ1v) is 5.07. The van der Waals surface area contributed by atoms with Crippen molar-refractivity contribution in [2.75, 3.05) is 0 Å². The Morgan fingerprint density at radius 3 is 2.12 bits per heavy atom. The highest BCUT2D eigenvalue weighted by Gasteiger charge is 2.39. The fourth-order valence-corrected chi connectivity index (χ4v) is 0.929. The molecule has 0 amide bonds. The lowest BCUT2D eigenvalue weighted by atomic mass is 9.78. The number of nitrogens with zero attached hydrogens (tertiary/aromatic N) is 2. The lowest BCUT2D eigenvalue weighted by Crippen LogP contribution is -2.53. The van der Waals surface area contributed by atoms with E-state index < -0.39 is 18.3 Å². The molecule has 0 radical (unpaired) electrons. The lowest BCUT2D eigenvalue weighted by molar-refractivity contribution is -0.0982. The van der Waals surface area contributed by atoms with E-state index in [-0.39, 0.29) is 0 Å². The SMILES string of the molecule is CC(C)(O)C(C)(C)OB(O)c1cncnc1. The van der Waals surface area contributed by atoms with Crippen LogP contribution < -0.4 is 5.46 Å². The van der Waals surface area contributed by atoms with Gasteiger partial charge in [-0.2, -0.15) is 0 Å². The van der Waals surface area contributed by atoms with Crippen molar-refractivity contribution in [3.8, 4) is 0 Å². The second-order valence-corrected chi connectivity index (χ2v) is 4.71. The molecule has 0 bridgehead atoms. The number of hydrogen-bond acceptors (Lipinski definition) is 5. The smallest absolute Gasteiger partial charge is 0.423 e. The first-order valence-electron chi connectivity index (χ1n) is 5.07. The van der Waals surface area contributed by atoms with Crippen molar-refractivity contribution < 1.29 is 14.8 Å². The van der Waals surface area contributed by atoms with Gasteiger partial charge in [-0.25, -0.2) is 9.97 Å². The zero-order chi connectivity index (χ0) is 12.4. The topological polar surface area (TPSA) is 75.5 Å². The van der Waals surface area contributed by atoms with E-state index in [0.29, 0.717) is 5.46 Å². The third-order valence-corrected chi connectivity index (χ3v) is 2.75. The normalized spacial score (nSPS) is 12.6. The average Bonchev–Trinajstić information content (AvgIpc) is 2.16. The zero-order valence-corrected chi connectivity index (χ0v) is 10.0. The van der Waals surface area contributed by atoms with E-state index in [0.717, 1.165) is 0 Å². The molecular formula is C10H17BN2O3. The summed E-state index contributed by atoms with van der Waals surface area (Å²) in [5.41, 5.74) is -1.49. The molecule has 0 unspecified atom stereocenters. The van der Waals surface area contributed by atoms with Crippen LogP contribution in [0.2, 0.25) is 0 Å². The lowest BCUT2D eigenvalue weighted by Gasteiger charge is -2.38. The monoisotopic (exact) mass is 224 g/mol. The summed E-state index contributed by atoms with van der Waals surface area (Å²) in [6.45, 7) is 6.67. The molecule has 0 aromatic carbocycles. The molecule has 0 aliphatic rings. The van der Waals surface area contributed by atoms with Crippen molar-refractivity contribution in [1.82, 2.24) is 9.97 Å². The van der Waals surface area contributed by atoms with Crippen LogP contribution >= 0.6 is 0 Å². The van der Waals surface area contributed by atoms with Crippen LogP contribution in [0.1, 0.15) is 27.7 Å². The van der Waals surface area contributed by atoms with Gasteiger partial charge in [0.1, 0.15) is 6.33 Å². The Kier molecular flexibility index (Phi) is 3.67. The molecule has 1 aromatic rings. The molecule has 0 spiro atoms. The second kappa shape index (κ2) is 4.49. The van der Waals surface area contributed by atoms with E-state index in [1.165, 1.54) is 18.7 Å². The van der Waals surface area contributed by atoms with Crippen molar-refractivity contribution in [2.24, 2.45) is 0 Å². The molecule has 6 heteroatoms. The molecule has 16 heavy (non-hydrogen) atoms. The van der Waals surface area contributed by atoms with Gasteiger partial charge < -0.3 is 14.8 Å². The molecule has 5 nitrogen and oxygen atoms in total. The summed E-state index contributed by atoms with van der Waals surface area (Å²) >= 11 is 0. The van der Waals surface area contributed by atoms with Crippen LogP contribution in [0.4, 0.5) is 0 Å². The van der Waals surface area contributed by atoms with E-state index in [9.17, 15) is 10.1 Å². The van der Waals surface area contributed by atoms with Gasteiger partial charge in [0.05, 0.1) is 11.2 Å². The minimum absolute atomic E-state index is 0.458. The fraction of sp³-hybridized carbons (Fsp3) is 0.600. The molecule has 1 heterocycles. The second-order valence-electron chi connectivity index (χ2n) is 4.71. The average molecular weight is 224 g/mol. The summed E-state index contributed by atoms with van der Waals surface area (Å²) in [4.78, 5) is 7.57. The minimum Gasteiger partial charge on any atom is -0.423 e. The first kappa shape index (κ1) is 13.1. The fourth-order valence-electron chi connectivity index (χ4n) is 0.929. The largest absolute Gasteiger partial charge is 0.494 e. The predicted molar refractivity (Wildman–Crippen MR) is 61.1 cm³/mol. The Morgan fingerprint density at radius 2 is 1.69 bits per heavy atom. The van der Waals surface area contributed by atoms with Crippen molar-refractivity contribution in [1.29, 1.82) is 0 Å². The van der Waals surface area contributed by atoms with Crippen LogP contribution in [0.5, 0.6) is 0 Å². The first-order chi connectivity index (χ1) is 7.24. The van der Waals surface area contributed by atoms with Gasteiger partial charge in [0.25, 0.3) is 0 Å². The molecule has 1 rings (SSSR count). The van der Waals surface area contributed by atoms with Crippen molar-refractivity contribution in [3.05, 3.63) is 18.7 Å². The number of hydrogen-bond donors (Lipinski definition) is 2. The Labute approximate surface area is 95.7 Å². The zero-order valence-electron chi connectivity index (χ0n) is 10.0. The molecule has 0 saturated heterocycles. The van der Waals surface area contributed by atoms with Gasteiger partial charge in [0.2, 0.25) is 0 Å². The molecule has 0 aliphatic carbocycles. The minimum atomic E-state index is -1.15.